The van der Waals surface area contributed by atoms with Crippen molar-refractivity contribution in [3.05, 3.63) is 71.3 Å². The van der Waals surface area contributed by atoms with E-state index in [1.165, 1.54) is 12.1 Å². The van der Waals surface area contributed by atoms with E-state index >= 15 is 0 Å². The zero-order valence-electron chi connectivity index (χ0n) is 11.9. The SMILES string of the molecule is CC(O)C(CN)(Cc1ccc(F)cc1F)c1ccccc1. The Morgan fingerprint density at radius 3 is 2.33 bits per heavy atom. The molecule has 21 heavy (non-hydrogen) atoms. The first-order valence-electron chi connectivity index (χ1n) is 6.87. The van der Waals surface area contributed by atoms with Crippen LogP contribution in [0.4, 0.5) is 8.78 Å². The summed E-state index contributed by atoms with van der Waals surface area (Å²) in [4.78, 5) is 0. The van der Waals surface area contributed by atoms with E-state index in [1.807, 2.05) is 30.3 Å². The van der Waals surface area contributed by atoms with Crippen LogP contribution in [0.2, 0.25) is 0 Å². The number of aliphatic hydroxyl groups is 1. The Kier molecular flexibility index (Phi) is 4.70. The minimum atomic E-state index is -0.806. The predicted octanol–water partition coefficient (Wildman–Crippen LogP) is 2.78. The quantitative estimate of drug-likeness (QED) is 0.890. The Labute approximate surface area is 123 Å². The summed E-state index contributed by atoms with van der Waals surface area (Å²) >= 11 is 0. The number of hydrogen-bond acceptors (Lipinski definition) is 2. The lowest BCUT2D eigenvalue weighted by atomic mass is 9.71. The van der Waals surface area contributed by atoms with Gasteiger partial charge in [0.1, 0.15) is 11.6 Å². The maximum absolute atomic E-state index is 13.9. The molecule has 2 rings (SSSR count). The van der Waals surface area contributed by atoms with Crippen LogP contribution in [0.25, 0.3) is 0 Å². The van der Waals surface area contributed by atoms with E-state index in [-0.39, 0.29) is 13.0 Å². The monoisotopic (exact) mass is 291 g/mol. The third-order valence-corrected chi connectivity index (χ3v) is 4.03. The molecule has 4 heteroatoms. The predicted molar refractivity (Wildman–Crippen MR) is 78.9 cm³/mol. The molecule has 0 fully saturated rings. The minimum Gasteiger partial charge on any atom is -0.392 e. The first-order valence-corrected chi connectivity index (χ1v) is 6.87. The second-order valence-electron chi connectivity index (χ2n) is 5.31. The normalized spacial score (nSPS) is 15.5. The van der Waals surface area contributed by atoms with Crippen molar-refractivity contribution in [1.82, 2.24) is 0 Å². The summed E-state index contributed by atoms with van der Waals surface area (Å²) in [6, 6.07) is 12.8. The molecule has 2 aromatic carbocycles. The molecule has 2 aromatic rings. The molecule has 2 unspecified atom stereocenters. The Morgan fingerprint density at radius 1 is 1.14 bits per heavy atom. The number of aliphatic hydroxyl groups excluding tert-OH is 1. The zero-order valence-corrected chi connectivity index (χ0v) is 11.9. The Morgan fingerprint density at radius 2 is 1.81 bits per heavy atom. The Bertz CT molecular complexity index is 601. The van der Waals surface area contributed by atoms with Crippen molar-refractivity contribution in [1.29, 1.82) is 0 Å². The van der Waals surface area contributed by atoms with Crippen molar-refractivity contribution < 1.29 is 13.9 Å². The molecule has 0 heterocycles. The molecule has 0 radical (unpaired) electrons. The maximum atomic E-state index is 13.9. The molecule has 2 atom stereocenters. The van der Waals surface area contributed by atoms with Gasteiger partial charge in [0.2, 0.25) is 0 Å². The lowest BCUT2D eigenvalue weighted by molar-refractivity contribution is 0.0995. The molecule has 3 N–H and O–H groups in total. The molecule has 0 aliphatic carbocycles. The second kappa shape index (κ2) is 6.33. The third kappa shape index (κ3) is 3.12. The molecule has 0 amide bonds. The molecule has 0 saturated heterocycles. The highest BCUT2D eigenvalue weighted by molar-refractivity contribution is 5.32. The average molecular weight is 291 g/mol. The van der Waals surface area contributed by atoms with Crippen molar-refractivity contribution >= 4 is 0 Å². The van der Waals surface area contributed by atoms with Gasteiger partial charge >= 0.3 is 0 Å². The fourth-order valence-electron chi connectivity index (χ4n) is 2.63. The van der Waals surface area contributed by atoms with E-state index in [4.69, 9.17) is 5.73 Å². The molecule has 112 valence electrons. The summed E-state index contributed by atoms with van der Waals surface area (Å²) in [6.45, 7) is 1.80. The van der Waals surface area contributed by atoms with Crippen LogP contribution in [0, 0.1) is 11.6 Å². The molecule has 2 nitrogen and oxygen atoms in total. The van der Waals surface area contributed by atoms with E-state index in [2.05, 4.69) is 0 Å². The molecule has 0 aliphatic heterocycles. The van der Waals surface area contributed by atoms with E-state index in [1.54, 1.807) is 6.92 Å². The van der Waals surface area contributed by atoms with Crippen LogP contribution in [-0.4, -0.2) is 17.8 Å². The fraction of sp³-hybridized carbons (Fsp3) is 0.294. The first kappa shape index (κ1) is 15.6. The molecular formula is C17H19F2NO. The number of hydrogen-bond donors (Lipinski definition) is 2. The van der Waals surface area contributed by atoms with Gasteiger partial charge in [-0.2, -0.15) is 0 Å². The van der Waals surface area contributed by atoms with Crippen LogP contribution >= 0.6 is 0 Å². The molecule has 0 spiro atoms. The Hall–Kier alpha value is -1.78. The lowest BCUT2D eigenvalue weighted by Crippen LogP contribution is -2.46. The zero-order chi connectivity index (χ0) is 15.5. The van der Waals surface area contributed by atoms with Crippen LogP contribution in [0.3, 0.4) is 0 Å². The summed E-state index contributed by atoms with van der Waals surface area (Å²) in [5.41, 5.74) is 6.28. The van der Waals surface area contributed by atoms with Crippen molar-refractivity contribution in [2.24, 2.45) is 5.73 Å². The van der Waals surface area contributed by atoms with Crippen molar-refractivity contribution in [3.63, 3.8) is 0 Å². The fourth-order valence-corrected chi connectivity index (χ4v) is 2.63. The van der Waals surface area contributed by atoms with Crippen LogP contribution in [0.5, 0.6) is 0 Å². The Balaban J connectivity index is 2.46. The minimum absolute atomic E-state index is 0.158. The average Bonchev–Trinajstić information content (AvgIpc) is 2.47. The first-order chi connectivity index (χ1) is 9.99. The number of benzene rings is 2. The standard InChI is InChI=1S/C17H19F2NO/c1-12(21)17(11-20,14-5-3-2-4-6-14)10-13-7-8-15(18)9-16(13)19/h2-9,12,21H,10-11,20H2,1H3. The van der Waals surface area contributed by atoms with Crippen molar-refractivity contribution in [2.75, 3.05) is 6.54 Å². The summed E-state index contributed by atoms with van der Waals surface area (Å²) in [6.07, 6.45) is -0.563. The largest absolute Gasteiger partial charge is 0.392 e. The number of rotatable bonds is 5. The molecule has 0 aromatic heterocycles. The topological polar surface area (TPSA) is 46.2 Å². The highest BCUT2D eigenvalue weighted by atomic mass is 19.1. The van der Waals surface area contributed by atoms with Gasteiger partial charge in [-0.15, -0.1) is 0 Å². The lowest BCUT2D eigenvalue weighted by Gasteiger charge is -2.36. The van der Waals surface area contributed by atoms with E-state index in [9.17, 15) is 13.9 Å². The van der Waals surface area contributed by atoms with Gasteiger partial charge in [0.15, 0.2) is 0 Å². The smallest absolute Gasteiger partial charge is 0.129 e. The van der Waals surface area contributed by atoms with E-state index in [0.717, 1.165) is 11.6 Å². The summed E-state index contributed by atoms with van der Waals surface area (Å²) in [7, 11) is 0. The third-order valence-electron chi connectivity index (χ3n) is 4.03. The van der Waals surface area contributed by atoms with E-state index < -0.39 is 23.2 Å². The highest BCUT2D eigenvalue weighted by Crippen LogP contribution is 2.32. The maximum Gasteiger partial charge on any atom is 0.129 e. The van der Waals surface area contributed by atoms with Gasteiger partial charge in [0.05, 0.1) is 6.10 Å². The van der Waals surface area contributed by atoms with Gasteiger partial charge in [0, 0.05) is 18.0 Å². The second-order valence-corrected chi connectivity index (χ2v) is 5.31. The summed E-state index contributed by atoms with van der Waals surface area (Å²) in [5, 5.41) is 10.2. The number of halogens is 2. The summed E-state index contributed by atoms with van der Waals surface area (Å²) < 4.78 is 27.0. The van der Waals surface area contributed by atoms with Crippen LogP contribution in [0.15, 0.2) is 48.5 Å². The van der Waals surface area contributed by atoms with Crippen molar-refractivity contribution in [3.8, 4) is 0 Å². The van der Waals surface area contributed by atoms with Crippen molar-refractivity contribution in [2.45, 2.75) is 24.9 Å². The molecule has 0 aliphatic rings. The van der Waals surface area contributed by atoms with Gasteiger partial charge < -0.3 is 10.8 Å². The van der Waals surface area contributed by atoms with Gasteiger partial charge in [-0.3, -0.25) is 0 Å². The van der Waals surface area contributed by atoms with Crippen LogP contribution in [0.1, 0.15) is 18.1 Å². The van der Waals surface area contributed by atoms with Gasteiger partial charge in [-0.25, -0.2) is 8.78 Å². The van der Waals surface area contributed by atoms with Crippen LogP contribution < -0.4 is 5.73 Å². The summed E-state index contributed by atoms with van der Waals surface area (Å²) in [5.74, 6) is -1.24. The molecule has 0 saturated carbocycles. The van der Waals surface area contributed by atoms with E-state index in [0.29, 0.717) is 5.56 Å². The van der Waals surface area contributed by atoms with Gasteiger partial charge in [-0.05, 0) is 30.5 Å². The molecular weight excluding hydrogens is 272 g/mol. The van der Waals surface area contributed by atoms with Gasteiger partial charge in [0.25, 0.3) is 0 Å². The van der Waals surface area contributed by atoms with Crippen LogP contribution in [-0.2, 0) is 11.8 Å². The highest BCUT2D eigenvalue weighted by Gasteiger charge is 2.36. The van der Waals surface area contributed by atoms with Gasteiger partial charge in [-0.1, -0.05) is 36.4 Å². The molecule has 0 bridgehead atoms. The number of nitrogens with two attached hydrogens (primary N) is 1.